The number of hydrogen-bond donors (Lipinski definition) is 2. The monoisotopic (exact) mass is 284 g/mol. The second-order valence-corrected chi connectivity index (χ2v) is 6.06. The van der Waals surface area contributed by atoms with E-state index in [0.29, 0.717) is 11.6 Å². The van der Waals surface area contributed by atoms with Gasteiger partial charge in [-0.2, -0.15) is 0 Å². The number of nitrogens with one attached hydrogen (secondary N) is 1. The highest BCUT2D eigenvalue weighted by Crippen LogP contribution is 2.36. The summed E-state index contributed by atoms with van der Waals surface area (Å²) in [5, 5.41) is 3.83. The third-order valence-electron chi connectivity index (χ3n) is 4.30. The number of anilines is 1. The van der Waals surface area contributed by atoms with Crippen molar-refractivity contribution in [1.82, 2.24) is 0 Å². The van der Waals surface area contributed by atoms with E-state index in [0.717, 1.165) is 24.4 Å². The molecule has 0 atom stereocenters. The Morgan fingerprint density at radius 1 is 1.37 bits per heavy atom. The molecule has 1 aliphatic carbocycles. The Labute approximate surface area is 119 Å². The van der Waals surface area contributed by atoms with Crippen molar-refractivity contribution in [3.05, 3.63) is 29.0 Å². The molecular weight excluding hydrogens is 263 g/mol. The van der Waals surface area contributed by atoms with Crippen LogP contribution in [0.1, 0.15) is 39.0 Å². The van der Waals surface area contributed by atoms with E-state index in [1.807, 2.05) is 0 Å². The summed E-state index contributed by atoms with van der Waals surface area (Å²) < 4.78 is 13.4. The zero-order chi connectivity index (χ0) is 13.9. The van der Waals surface area contributed by atoms with Crippen LogP contribution in [0, 0.1) is 11.7 Å². The van der Waals surface area contributed by atoms with Crippen molar-refractivity contribution in [2.75, 3.05) is 11.9 Å². The first kappa shape index (κ1) is 14.6. The van der Waals surface area contributed by atoms with Crippen LogP contribution < -0.4 is 11.1 Å². The summed E-state index contributed by atoms with van der Waals surface area (Å²) >= 11 is 5.89. The summed E-state index contributed by atoms with van der Waals surface area (Å²) in [7, 11) is 0. The molecule has 1 aromatic rings. The largest absolute Gasteiger partial charge is 0.378 e. The first-order valence-electron chi connectivity index (χ1n) is 7.01. The quantitative estimate of drug-likeness (QED) is 0.870. The molecule has 0 amide bonds. The SMILES string of the molecule is CCC1CCC(CN)(Nc2cc(F)cc(Cl)c2)CC1. The second-order valence-electron chi connectivity index (χ2n) is 5.62. The molecule has 0 bridgehead atoms. The lowest BCUT2D eigenvalue weighted by molar-refractivity contribution is 0.253. The molecule has 2 nitrogen and oxygen atoms in total. The topological polar surface area (TPSA) is 38.0 Å². The van der Waals surface area contributed by atoms with Gasteiger partial charge in [-0.25, -0.2) is 4.39 Å². The molecule has 2 rings (SSSR count). The molecular formula is C15H22ClFN2. The highest BCUT2D eigenvalue weighted by molar-refractivity contribution is 6.30. The van der Waals surface area contributed by atoms with Gasteiger partial charge in [0.1, 0.15) is 5.82 Å². The zero-order valence-corrected chi connectivity index (χ0v) is 12.1. The van der Waals surface area contributed by atoms with Crippen LogP contribution >= 0.6 is 11.6 Å². The van der Waals surface area contributed by atoms with Gasteiger partial charge in [-0.15, -0.1) is 0 Å². The Morgan fingerprint density at radius 2 is 2.05 bits per heavy atom. The maximum Gasteiger partial charge on any atom is 0.126 e. The minimum absolute atomic E-state index is 0.108. The van der Waals surface area contributed by atoms with Crippen molar-refractivity contribution in [3.63, 3.8) is 0 Å². The number of halogens is 2. The maximum atomic E-state index is 13.4. The summed E-state index contributed by atoms with van der Waals surface area (Å²) in [4.78, 5) is 0. The summed E-state index contributed by atoms with van der Waals surface area (Å²) in [6.07, 6.45) is 5.67. The van der Waals surface area contributed by atoms with Crippen molar-refractivity contribution >= 4 is 17.3 Å². The summed E-state index contributed by atoms with van der Waals surface area (Å²) in [5.41, 5.74) is 6.58. The number of rotatable bonds is 4. The fraction of sp³-hybridized carbons (Fsp3) is 0.600. The van der Waals surface area contributed by atoms with Crippen LogP contribution in [-0.2, 0) is 0 Å². The van der Waals surface area contributed by atoms with E-state index in [2.05, 4.69) is 12.2 Å². The standard InChI is InChI=1S/C15H22ClFN2/c1-2-11-3-5-15(10-18,6-4-11)19-14-8-12(16)7-13(17)9-14/h7-9,11,19H,2-6,10,18H2,1H3. The smallest absolute Gasteiger partial charge is 0.126 e. The van der Waals surface area contributed by atoms with Crippen molar-refractivity contribution in [2.45, 2.75) is 44.6 Å². The molecule has 4 heteroatoms. The lowest BCUT2D eigenvalue weighted by Gasteiger charge is -2.40. The van der Waals surface area contributed by atoms with E-state index >= 15 is 0 Å². The molecule has 106 valence electrons. The van der Waals surface area contributed by atoms with Gasteiger partial charge in [0, 0.05) is 22.8 Å². The Bertz CT molecular complexity index is 408. The number of hydrogen-bond acceptors (Lipinski definition) is 2. The summed E-state index contributed by atoms with van der Waals surface area (Å²) in [6.45, 7) is 2.80. The average Bonchev–Trinajstić information content (AvgIpc) is 2.38. The van der Waals surface area contributed by atoms with E-state index < -0.39 is 0 Å². The van der Waals surface area contributed by atoms with E-state index in [9.17, 15) is 4.39 Å². The molecule has 1 saturated carbocycles. The molecule has 1 fully saturated rings. The zero-order valence-electron chi connectivity index (χ0n) is 11.4. The van der Waals surface area contributed by atoms with Gasteiger partial charge >= 0.3 is 0 Å². The fourth-order valence-electron chi connectivity index (χ4n) is 2.95. The predicted octanol–water partition coefficient (Wildman–Crippen LogP) is 4.19. The normalized spacial score (nSPS) is 27.3. The second kappa shape index (κ2) is 6.10. The van der Waals surface area contributed by atoms with E-state index in [4.69, 9.17) is 17.3 Å². The van der Waals surface area contributed by atoms with Crippen LogP contribution in [0.2, 0.25) is 5.02 Å². The van der Waals surface area contributed by atoms with Gasteiger partial charge in [-0.05, 0) is 49.8 Å². The van der Waals surface area contributed by atoms with Crippen LogP contribution in [0.4, 0.5) is 10.1 Å². The molecule has 0 unspecified atom stereocenters. The first-order chi connectivity index (χ1) is 9.07. The Hall–Kier alpha value is -0.800. The molecule has 0 aliphatic heterocycles. The van der Waals surface area contributed by atoms with E-state index in [1.165, 1.54) is 31.4 Å². The molecule has 0 saturated heterocycles. The van der Waals surface area contributed by atoms with E-state index in [1.54, 1.807) is 6.07 Å². The predicted molar refractivity (Wildman–Crippen MR) is 79.1 cm³/mol. The molecule has 1 aromatic carbocycles. The lowest BCUT2D eigenvalue weighted by atomic mass is 9.75. The molecule has 0 radical (unpaired) electrons. The van der Waals surface area contributed by atoms with Gasteiger partial charge in [0.25, 0.3) is 0 Å². The summed E-state index contributed by atoms with van der Waals surface area (Å²) in [5.74, 6) is 0.488. The van der Waals surface area contributed by atoms with Crippen molar-refractivity contribution < 1.29 is 4.39 Å². The molecule has 3 N–H and O–H groups in total. The highest BCUT2D eigenvalue weighted by atomic mass is 35.5. The van der Waals surface area contributed by atoms with Crippen LogP contribution in [0.3, 0.4) is 0 Å². The van der Waals surface area contributed by atoms with Crippen LogP contribution in [0.15, 0.2) is 18.2 Å². The fourth-order valence-corrected chi connectivity index (χ4v) is 3.17. The van der Waals surface area contributed by atoms with Gasteiger partial charge < -0.3 is 11.1 Å². The molecule has 0 aromatic heterocycles. The minimum atomic E-state index is -0.315. The van der Waals surface area contributed by atoms with Crippen LogP contribution in [0.25, 0.3) is 0 Å². The average molecular weight is 285 g/mol. The summed E-state index contributed by atoms with van der Waals surface area (Å²) in [6, 6.07) is 4.55. The molecule has 19 heavy (non-hydrogen) atoms. The van der Waals surface area contributed by atoms with Crippen molar-refractivity contribution in [2.24, 2.45) is 11.7 Å². The first-order valence-corrected chi connectivity index (χ1v) is 7.39. The van der Waals surface area contributed by atoms with Crippen LogP contribution in [0.5, 0.6) is 0 Å². The third kappa shape index (κ3) is 3.61. The van der Waals surface area contributed by atoms with Crippen molar-refractivity contribution in [3.8, 4) is 0 Å². The van der Waals surface area contributed by atoms with Gasteiger partial charge in [-0.3, -0.25) is 0 Å². The third-order valence-corrected chi connectivity index (χ3v) is 4.52. The van der Waals surface area contributed by atoms with Gasteiger partial charge in [-0.1, -0.05) is 24.9 Å². The Morgan fingerprint density at radius 3 is 2.58 bits per heavy atom. The minimum Gasteiger partial charge on any atom is -0.378 e. The Kier molecular flexibility index (Phi) is 4.69. The van der Waals surface area contributed by atoms with Gasteiger partial charge in [0.2, 0.25) is 0 Å². The number of benzene rings is 1. The van der Waals surface area contributed by atoms with Crippen molar-refractivity contribution in [1.29, 1.82) is 0 Å². The van der Waals surface area contributed by atoms with Crippen LogP contribution in [-0.4, -0.2) is 12.1 Å². The van der Waals surface area contributed by atoms with E-state index in [-0.39, 0.29) is 11.4 Å². The molecule has 0 spiro atoms. The molecule has 1 aliphatic rings. The maximum absolute atomic E-state index is 13.4. The lowest BCUT2D eigenvalue weighted by Crippen LogP contribution is -2.48. The molecule has 0 heterocycles. The highest BCUT2D eigenvalue weighted by Gasteiger charge is 2.33. The number of nitrogens with two attached hydrogens (primary N) is 1. The van der Waals surface area contributed by atoms with Gasteiger partial charge in [0.15, 0.2) is 0 Å². The Balaban J connectivity index is 2.10. The van der Waals surface area contributed by atoms with Gasteiger partial charge in [0.05, 0.1) is 0 Å².